The summed E-state index contributed by atoms with van der Waals surface area (Å²) < 4.78 is 42.2. The fourth-order valence-electron chi connectivity index (χ4n) is 3.72. The number of fused-ring (bicyclic) bond motifs is 1. The first-order valence-corrected chi connectivity index (χ1v) is 13.7. The Balaban J connectivity index is 1.64. The monoisotopic (exact) mass is 526 g/mol. The molecule has 0 aliphatic rings. The lowest BCUT2D eigenvalue weighted by Gasteiger charge is -2.24. The molecule has 0 atom stereocenters. The zero-order valence-corrected chi connectivity index (χ0v) is 21.9. The van der Waals surface area contributed by atoms with Crippen LogP contribution in [0.4, 0.5) is 15.2 Å². The second-order valence-corrected chi connectivity index (χ2v) is 11.3. The number of anilines is 2. The van der Waals surface area contributed by atoms with Crippen LogP contribution in [-0.2, 0) is 10.0 Å². The van der Waals surface area contributed by atoms with Gasteiger partial charge in [0.15, 0.2) is 5.13 Å². The number of nitrogens with zero attached hydrogens (tertiary/aromatic N) is 4. The minimum absolute atomic E-state index is 0.0973. The first-order chi connectivity index (χ1) is 17.2. The molecule has 3 aromatic carbocycles. The molecule has 36 heavy (non-hydrogen) atoms. The Morgan fingerprint density at radius 1 is 0.972 bits per heavy atom. The van der Waals surface area contributed by atoms with Crippen LogP contribution < -0.4 is 9.21 Å². The van der Waals surface area contributed by atoms with E-state index in [0.717, 1.165) is 0 Å². The van der Waals surface area contributed by atoms with E-state index in [0.29, 0.717) is 39.7 Å². The number of carbonyl (C=O) groups is 1. The standard InChI is InChI=1S/C26H27FN4O3S2/c1-4-31(21-8-6-5-7-9-21)36(33,34)22-13-10-19(11-14-22)25(32)30(17-16-29(2)3)26-28-23-15-12-20(27)18-24(23)35-26/h5-15,18H,4,16-17H2,1-3H3. The second-order valence-electron chi connectivity index (χ2n) is 8.40. The Bertz CT molecular complexity index is 1460. The maximum absolute atomic E-state index is 13.7. The predicted octanol–water partition coefficient (Wildman–Crippen LogP) is 4.86. The molecule has 188 valence electrons. The molecule has 7 nitrogen and oxygen atoms in total. The van der Waals surface area contributed by atoms with E-state index < -0.39 is 10.0 Å². The van der Waals surface area contributed by atoms with Crippen LogP contribution in [0, 0.1) is 5.82 Å². The molecule has 0 unspecified atom stereocenters. The number of carbonyl (C=O) groups excluding carboxylic acids is 1. The van der Waals surface area contributed by atoms with E-state index in [4.69, 9.17) is 0 Å². The SMILES string of the molecule is CCN(c1ccccc1)S(=O)(=O)c1ccc(C(=O)N(CCN(C)C)c2nc3ccc(F)cc3s2)cc1. The average Bonchev–Trinajstić information content (AvgIpc) is 3.27. The third-order valence-corrected chi connectivity index (χ3v) is 8.57. The molecule has 4 rings (SSSR count). The largest absolute Gasteiger partial charge is 0.308 e. The van der Waals surface area contributed by atoms with Crippen LogP contribution in [-0.4, -0.2) is 57.9 Å². The smallest absolute Gasteiger partial charge is 0.264 e. The van der Waals surface area contributed by atoms with Gasteiger partial charge in [-0.3, -0.25) is 14.0 Å². The van der Waals surface area contributed by atoms with E-state index in [1.54, 1.807) is 42.2 Å². The molecule has 1 heterocycles. The van der Waals surface area contributed by atoms with Crippen LogP contribution in [0.25, 0.3) is 10.2 Å². The number of benzene rings is 3. The fourth-order valence-corrected chi connectivity index (χ4v) is 6.21. The lowest BCUT2D eigenvalue weighted by atomic mass is 10.2. The van der Waals surface area contributed by atoms with E-state index in [-0.39, 0.29) is 23.2 Å². The van der Waals surface area contributed by atoms with Gasteiger partial charge < -0.3 is 4.90 Å². The fraction of sp³-hybridized carbons (Fsp3) is 0.231. The van der Waals surface area contributed by atoms with Crippen molar-refractivity contribution in [1.29, 1.82) is 0 Å². The molecule has 0 aliphatic heterocycles. The molecule has 0 radical (unpaired) electrons. The van der Waals surface area contributed by atoms with Gasteiger partial charge in [-0.25, -0.2) is 17.8 Å². The van der Waals surface area contributed by atoms with Gasteiger partial charge in [-0.05, 0) is 75.6 Å². The third-order valence-electron chi connectivity index (χ3n) is 5.61. The Morgan fingerprint density at radius 3 is 2.31 bits per heavy atom. The molecule has 0 saturated carbocycles. The van der Waals surface area contributed by atoms with Crippen LogP contribution in [0.5, 0.6) is 0 Å². The van der Waals surface area contributed by atoms with Gasteiger partial charge >= 0.3 is 0 Å². The van der Waals surface area contributed by atoms with Gasteiger partial charge in [-0.1, -0.05) is 29.5 Å². The van der Waals surface area contributed by atoms with Crippen molar-refractivity contribution in [2.24, 2.45) is 0 Å². The summed E-state index contributed by atoms with van der Waals surface area (Å²) in [5, 5.41) is 0.459. The molecule has 0 saturated heterocycles. The highest BCUT2D eigenvalue weighted by Crippen LogP contribution is 2.31. The molecule has 10 heteroatoms. The minimum atomic E-state index is -3.81. The molecule has 4 aromatic rings. The number of halogens is 1. The molecule has 0 N–H and O–H groups in total. The van der Waals surface area contributed by atoms with Crippen molar-refractivity contribution in [2.75, 3.05) is 42.9 Å². The predicted molar refractivity (Wildman–Crippen MR) is 143 cm³/mol. The van der Waals surface area contributed by atoms with Crippen molar-refractivity contribution in [2.45, 2.75) is 11.8 Å². The van der Waals surface area contributed by atoms with Crippen molar-refractivity contribution < 1.29 is 17.6 Å². The van der Waals surface area contributed by atoms with Crippen molar-refractivity contribution in [3.8, 4) is 0 Å². The topological polar surface area (TPSA) is 73.8 Å². The van der Waals surface area contributed by atoms with Gasteiger partial charge in [-0.15, -0.1) is 0 Å². The number of amides is 1. The van der Waals surface area contributed by atoms with Crippen LogP contribution in [0.3, 0.4) is 0 Å². The van der Waals surface area contributed by atoms with Crippen molar-refractivity contribution >= 4 is 48.3 Å². The van der Waals surface area contributed by atoms with Crippen LogP contribution in [0.15, 0.2) is 77.7 Å². The molecular formula is C26H27FN4O3S2. The van der Waals surface area contributed by atoms with E-state index in [1.165, 1.54) is 52.0 Å². The summed E-state index contributed by atoms with van der Waals surface area (Å²) >= 11 is 1.24. The summed E-state index contributed by atoms with van der Waals surface area (Å²) in [5.74, 6) is -0.673. The number of hydrogen-bond donors (Lipinski definition) is 0. The lowest BCUT2D eigenvalue weighted by Crippen LogP contribution is -2.36. The Hall–Kier alpha value is -3.34. The summed E-state index contributed by atoms with van der Waals surface area (Å²) in [6.07, 6.45) is 0. The molecular weight excluding hydrogens is 499 g/mol. The van der Waals surface area contributed by atoms with Gasteiger partial charge in [0.25, 0.3) is 15.9 Å². The lowest BCUT2D eigenvalue weighted by molar-refractivity contribution is 0.0985. The molecule has 0 aliphatic carbocycles. The summed E-state index contributed by atoms with van der Waals surface area (Å²) in [6, 6.07) is 19.1. The van der Waals surface area contributed by atoms with Gasteiger partial charge in [0, 0.05) is 25.2 Å². The van der Waals surface area contributed by atoms with Gasteiger partial charge in [0.05, 0.1) is 20.8 Å². The number of sulfonamides is 1. The number of aromatic nitrogens is 1. The minimum Gasteiger partial charge on any atom is -0.308 e. The van der Waals surface area contributed by atoms with Crippen molar-refractivity contribution in [3.63, 3.8) is 0 Å². The first kappa shape index (κ1) is 25.7. The Kier molecular flexibility index (Phi) is 7.67. The third kappa shape index (κ3) is 5.40. The molecule has 0 fully saturated rings. The Labute approximate surface area is 214 Å². The van der Waals surface area contributed by atoms with Gasteiger partial charge in [-0.2, -0.15) is 0 Å². The number of hydrogen-bond acceptors (Lipinski definition) is 6. The van der Waals surface area contributed by atoms with Crippen molar-refractivity contribution in [1.82, 2.24) is 9.88 Å². The molecule has 0 spiro atoms. The van der Waals surface area contributed by atoms with Crippen LogP contribution >= 0.6 is 11.3 Å². The zero-order chi connectivity index (χ0) is 25.9. The first-order valence-electron chi connectivity index (χ1n) is 11.4. The summed E-state index contributed by atoms with van der Waals surface area (Å²) in [6.45, 7) is 3.00. The number of rotatable bonds is 9. The summed E-state index contributed by atoms with van der Waals surface area (Å²) in [5.41, 5.74) is 1.52. The maximum Gasteiger partial charge on any atom is 0.264 e. The molecule has 1 amide bonds. The van der Waals surface area contributed by atoms with Crippen LogP contribution in [0.1, 0.15) is 17.3 Å². The van der Waals surface area contributed by atoms with E-state index in [1.807, 2.05) is 25.1 Å². The van der Waals surface area contributed by atoms with Gasteiger partial charge in [0.1, 0.15) is 5.82 Å². The highest BCUT2D eigenvalue weighted by atomic mass is 32.2. The quantitative estimate of drug-likeness (QED) is 0.312. The van der Waals surface area contributed by atoms with Crippen molar-refractivity contribution in [3.05, 3.63) is 84.2 Å². The normalized spacial score (nSPS) is 11.7. The second kappa shape index (κ2) is 10.7. The average molecular weight is 527 g/mol. The zero-order valence-electron chi connectivity index (χ0n) is 20.3. The summed E-state index contributed by atoms with van der Waals surface area (Å²) in [7, 11) is 0.00405. The van der Waals surface area contributed by atoms with E-state index in [9.17, 15) is 17.6 Å². The van der Waals surface area contributed by atoms with Crippen LogP contribution in [0.2, 0.25) is 0 Å². The number of thiazole rings is 1. The van der Waals surface area contributed by atoms with E-state index >= 15 is 0 Å². The Morgan fingerprint density at radius 2 is 1.67 bits per heavy atom. The highest BCUT2D eigenvalue weighted by molar-refractivity contribution is 7.92. The van der Waals surface area contributed by atoms with Gasteiger partial charge in [0.2, 0.25) is 0 Å². The maximum atomic E-state index is 13.7. The number of likely N-dealkylation sites (N-methyl/N-ethyl adjacent to an activating group) is 1. The molecule has 1 aromatic heterocycles. The highest BCUT2D eigenvalue weighted by Gasteiger charge is 2.25. The molecule has 0 bridgehead atoms. The number of para-hydroxylation sites is 1. The van der Waals surface area contributed by atoms with E-state index in [2.05, 4.69) is 4.98 Å². The summed E-state index contributed by atoms with van der Waals surface area (Å²) in [4.78, 5) is 21.7.